The van der Waals surface area contributed by atoms with E-state index in [0.29, 0.717) is 0 Å². The van der Waals surface area contributed by atoms with Gasteiger partial charge < -0.3 is 20.4 Å². The van der Waals surface area contributed by atoms with E-state index in [1.807, 2.05) is 7.05 Å². The number of rotatable bonds is 6. The number of nitrogens with one attached hydrogen (secondary N) is 2. The Labute approximate surface area is 147 Å². The van der Waals surface area contributed by atoms with Crippen molar-refractivity contribution in [3.8, 4) is 0 Å². The Balaban J connectivity index is 1.62. The number of benzene rings is 1. The van der Waals surface area contributed by atoms with Crippen molar-refractivity contribution in [2.75, 3.05) is 53.4 Å². The normalized spacial score (nSPS) is 17.5. The molecule has 2 rings (SSSR count). The number of aliphatic imine (C=N–C) groups is 1. The fourth-order valence-corrected chi connectivity index (χ4v) is 2.95. The minimum absolute atomic E-state index is 0.804. The predicted octanol–water partition coefficient (Wildman–Crippen LogP) is 1.69. The van der Waals surface area contributed by atoms with E-state index in [4.69, 9.17) is 0 Å². The van der Waals surface area contributed by atoms with Crippen LogP contribution in [0.25, 0.3) is 0 Å². The average molecular weight is 332 g/mol. The Morgan fingerprint density at radius 1 is 1.08 bits per heavy atom. The second kappa shape index (κ2) is 10.3. The number of hydrogen-bond donors (Lipinski definition) is 2. The van der Waals surface area contributed by atoms with Crippen molar-refractivity contribution in [2.24, 2.45) is 4.99 Å². The summed E-state index contributed by atoms with van der Waals surface area (Å²) in [5.41, 5.74) is 2.57. The van der Waals surface area contributed by atoms with Crippen LogP contribution < -0.4 is 10.6 Å². The van der Waals surface area contributed by atoms with Crippen LogP contribution in [0.2, 0.25) is 0 Å². The van der Waals surface area contributed by atoms with E-state index in [9.17, 15) is 0 Å². The van der Waals surface area contributed by atoms with Gasteiger partial charge in [0, 0.05) is 33.2 Å². The zero-order valence-electron chi connectivity index (χ0n) is 15.5. The van der Waals surface area contributed by atoms with Crippen LogP contribution in [0.5, 0.6) is 0 Å². The predicted molar refractivity (Wildman–Crippen MR) is 103 cm³/mol. The monoisotopic (exact) mass is 331 g/mol. The molecule has 0 saturated carbocycles. The van der Waals surface area contributed by atoms with Gasteiger partial charge in [-0.05, 0) is 52.0 Å². The molecule has 5 heteroatoms. The Hall–Kier alpha value is -1.59. The highest BCUT2D eigenvalue weighted by atomic mass is 15.2. The third-order valence-corrected chi connectivity index (χ3v) is 4.56. The lowest BCUT2D eigenvalue weighted by atomic mass is 10.1. The van der Waals surface area contributed by atoms with Gasteiger partial charge in [0.15, 0.2) is 5.96 Å². The van der Waals surface area contributed by atoms with Crippen molar-refractivity contribution in [2.45, 2.75) is 26.3 Å². The van der Waals surface area contributed by atoms with Crippen LogP contribution in [-0.2, 0) is 6.54 Å². The number of hydrogen-bond acceptors (Lipinski definition) is 3. The first-order valence-electron chi connectivity index (χ1n) is 9.08. The van der Waals surface area contributed by atoms with E-state index in [2.05, 4.69) is 63.7 Å². The first kappa shape index (κ1) is 18.7. The van der Waals surface area contributed by atoms with Gasteiger partial charge in [-0.1, -0.05) is 29.8 Å². The van der Waals surface area contributed by atoms with Gasteiger partial charge in [-0.15, -0.1) is 0 Å². The standard InChI is InChI=1S/C19H33N5/c1-17-6-8-18(9-7-17)16-22-19(20-2)21-10-4-12-24-13-5-11-23(3)14-15-24/h6-9H,4-5,10-16H2,1-3H3,(H2,20,21,22). The molecule has 1 heterocycles. The van der Waals surface area contributed by atoms with E-state index in [1.165, 1.54) is 43.7 Å². The molecular weight excluding hydrogens is 298 g/mol. The summed E-state index contributed by atoms with van der Waals surface area (Å²) in [4.78, 5) is 9.31. The topological polar surface area (TPSA) is 42.9 Å². The maximum atomic E-state index is 4.30. The van der Waals surface area contributed by atoms with Gasteiger partial charge in [0.05, 0.1) is 0 Å². The minimum atomic E-state index is 0.804. The molecule has 0 radical (unpaired) electrons. The molecular formula is C19H33N5. The number of guanidine groups is 1. The molecule has 24 heavy (non-hydrogen) atoms. The molecule has 1 aromatic carbocycles. The van der Waals surface area contributed by atoms with Gasteiger partial charge in [0.2, 0.25) is 0 Å². The van der Waals surface area contributed by atoms with E-state index >= 15 is 0 Å². The van der Waals surface area contributed by atoms with Crippen LogP contribution in [0, 0.1) is 6.92 Å². The smallest absolute Gasteiger partial charge is 0.191 e. The van der Waals surface area contributed by atoms with Crippen molar-refractivity contribution in [3.05, 3.63) is 35.4 Å². The third kappa shape index (κ3) is 6.89. The molecule has 1 aliphatic rings. The summed E-state index contributed by atoms with van der Waals surface area (Å²) in [5.74, 6) is 0.881. The molecule has 5 nitrogen and oxygen atoms in total. The van der Waals surface area contributed by atoms with E-state index in [-0.39, 0.29) is 0 Å². The molecule has 2 N–H and O–H groups in total. The van der Waals surface area contributed by atoms with Crippen LogP contribution in [0.3, 0.4) is 0 Å². The molecule has 1 fully saturated rings. The lowest BCUT2D eigenvalue weighted by Gasteiger charge is -2.20. The Bertz CT molecular complexity index is 497. The van der Waals surface area contributed by atoms with Crippen LogP contribution in [-0.4, -0.2) is 69.1 Å². The Morgan fingerprint density at radius 3 is 2.62 bits per heavy atom. The van der Waals surface area contributed by atoms with Gasteiger partial charge in [-0.3, -0.25) is 4.99 Å². The maximum absolute atomic E-state index is 4.30. The fraction of sp³-hybridized carbons (Fsp3) is 0.632. The van der Waals surface area contributed by atoms with Crippen LogP contribution >= 0.6 is 0 Å². The van der Waals surface area contributed by atoms with Gasteiger partial charge in [0.1, 0.15) is 0 Å². The van der Waals surface area contributed by atoms with Crippen molar-refractivity contribution >= 4 is 5.96 Å². The molecule has 0 aliphatic carbocycles. The molecule has 1 aromatic rings. The summed E-state index contributed by atoms with van der Waals surface area (Å²) in [5, 5.41) is 6.79. The molecule has 1 aliphatic heterocycles. The number of aryl methyl sites for hydroxylation is 1. The molecule has 134 valence electrons. The lowest BCUT2D eigenvalue weighted by molar-refractivity contribution is 0.274. The largest absolute Gasteiger partial charge is 0.356 e. The van der Waals surface area contributed by atoms with Crippen LogP contribution in [0.4, 0.5) is 0 Å². The summed E-state index contributed by atoms with van der Waals surface area (Å²) < 4.78 is 0. The summed E-state index contributed by atoms with van der Waals surface area (Å²) in [7, 11) is 4.05. The quantitative estimate of drug-likeness (QED) is 0.473. The Morgan fingerprint density at radius 2 is 1.88 bits per heavy atom. The maximum Gasteiger partial charge on any atom is 0.191 e. The number of nitrogens with zero attached hydrogens (tertiary/aromatic N) is 3. The van der Waals surface area contributed by atoms with Gasteiger partial charge in [-0.2, -0.15) is 0 Å². The highest BCUT2D eigenvalue weighted by Gasteiger charge is 2.11. The third-order valence-electron chi connectivity index (χ3n) is 4.56. The SMILES string of the molecule is CN=C(NCCCN1CCCN(C)CC1)NCc1ccc(C)cc1. The first-order valence-corrected chi connectivity index (χ1v) is 9.08. The van der Waals surface area contributed by atoms with Crippen LogP contribution in [0.1, 0.15) is 24.0 Å². The lowest BCUT2D eigenvalue weighted by Crippen LogP contribution is -2.38. The second-order valence-corrected chi connectivity index (χ2v) is 6.69. The van der Waals surface area contributed by atoms with E-state index < -0.39 is 0 Å². The van der Waals surface area contributed by atoms with Crippen LogP contribution in [0.15, 0.2) is 29.3 Å². The molecule has 0 amide bonds. The number of likely N-dealkylation sites (N-methyl/N-ethyl adjacent to an activating group) is 1. The summed E-state index contributed by atoms with van der Waals surface area (Å²) in [6.07, 6.45) is 2.43. The average Bonchev–Trinajstić information content (AvgIpc) is 2.80. The molecule has 1 saturated heterocycles. The van der Waals surface area contributed by atoms with E-state index in [1.54, 1.807) is 0 Å². The fourth-order valence-electron chi connectivity index (χ4n) is 2.95. The van der Waals surface area contributed by atoms with E-state index in [0.717, 1.165) is 32.0 Å². The minimum Gasteiger partial charge on any atom is -0.356 e. The summed E-state index contributed by atoms with van der Waals surface area (Å²) >= 11 is 0. The zero-order chi connectivity index (χ0) is 17.2. The highest BCUT2D eigenvalue weighted by Crippen LogP contribution is 2.03. The van der Waals surface area contributed by atoms with Gasteiger partial charge >= 0.3 is 0 Å². The van der Waals surface area contributed by atoms with Gasteiger partial charge in [0.25, 0.3) is 0 Å². The second-order valence-electron chi connectivity index (χ2n) is 6.69. The molecule has 0 atom stereocenters. The molecule has 0 unspecified atom stereocenters. The molecule has 0 spiro atoms. The highest BCUT2D eigenvalue weighted by molar-refractivity contribution is 5.79. The van der Waals surface area contributed by atoms with Crippen molar-refractivity contribution < 1.29 is 0 Å². The van der Waals surface area contributed by atoms with Crippen molar-refractivity contribution in [1.29, 1.82) is 0 Å². The summed E-state index contributed by atoms with van der Waals surface area (Å²) in [6.45, 7) is 9.87. The Kier molecular flexibility index (Phi) is 8.05. The molecule has 0 bridgehead atoms. The summed E-state index contributed by atoms with van der Waals surface area (Å²) in [6, 6.07) is 8.61. The van der Waals surface area contributed by atoms with Gasteiger partial charge in [-0.25, -0.2) is 0 Å². The first-order chi connectivity index (χ1) is 11.7. The van der Waals surface area contributed by atoms with Crippen molar-refractivity contribution in [1.82, 2.24) is 20.4 Å². The zero-order valence-corrected chi connectivity index (χ0v) is 15.5. The molecule has 0 aromatic heterocycles. The van der Waals surface area contributed by atoms with Crippen molar-refractivity contribution in [3.63, 3.8) is 0 Å².